The predicted octanol–water partition coefficient (Wildman–Crippen LogP) is 3.48. The van der Waals surface area contributed by atoms with Crippen molar-refractivity contribution in [2.75, 3.05) is 13.2 Å². The molecule has 0 aliphatic carbocycles. The zero-order chi connectivity index (χ0) is 15.4. The molecule has 0 fully saturated rings. The molecule has 1 aliphatic heterocycles. The second-order valence-electron chi connectivity index (χ2n) is 5.69. The fourth-order valence-electron chi connectivity index (χ4n) is 2.93. The third-order valence-corrected chi connectivity index (χ3v) is 4.20. The largest absolute Gasteiger partial charge is 0.395 e. The molecule has 3 rings (SSSR count). The van der Waals surface area contributed by atoms with E-state index in [-0.39, 0.29) is 18.5 Å². The van der Waals surface area contributed by atoms with E-state index in [4.69, 9.17) is 0 Å². The van der Waals surface area contributed by atoms with Gasteiger partial charge in [0.25, 0.3) is 0 Å². The molecular weight excluding hydrogens is 277 g/mol. The maximum absolute atomic E-state index is 13.0. The minimum atomic E-state index is -0.218. The molecule has 2 nitrogen and oxygen atoms in total. The van der Waals surface area contributed by atoms with Crippen LogP contribution < -0.4 is 0 Å². The fourth-order valence-corrected chi connectivity index (χ4v) is 2.93. The molecule has 22 heavy (non-hydrogen) atoms. The summed E-state index contributed by atoms with van der Waals surface area (Å²) in [6, 6.07) is 17.0. The molecule has 3 heteroatoms. The molecular formula is C19H20FNO. The van der Waals surface area contributed by atoms with Crippen molar-refractivity contribution in [2.45, 2.75) is 19.0 Å². The lowest BCUT2D eigenvalue weighted by atomic mass is 9.94. The van der Waals surface area contributed by atoms with Gasteiger partial charge in [-0.05, 0) is 35.3 Å². The van der Waals surface area contributed by atoms with Crippen LogP contribution in [0.4, 0.5) is 4.39 Å². The molecule has 2 aromatic carbocycles. The predicted molar refractivity (Wildman–Crippen MR) is 86.7 cm³/mol. The highest BCUT2D eigenvalue weighted by molar-refractivity contribution is 5.67. The Morgan fingerprint density at radius 1 is 1.05 bits per heavy atom. The van der Waals surface area contributed by atoms with E-state index in [2.05, 4.69) is 23.1 Å². The van der Waals surface area contributed by atoms with Crippen molar-refractivity contribution in [3.63, 3.8) is 0 Å². The quantitative estimate of drug-likeness (QED) is 0.934. The second kappa shape index (κ2) is 6.86. The standard InChI is InChI=1S/C19H20FNO/c20-18-8-6-16(7-9-18)17-10-11-21(19(12-17)14-22)13-15-4-2-1-3-5-15/h1-10,19,22H,11-14H2. The van der Waals surface area contributed by atoms with E-state index in [0.717, 1.165) is 25.1 Å². The Balaban J connectivity index is 1.75. The Hall–Kier alpha value is -1.97. The van der Waals surface area contributed by atoms with Crippen molar-refractivity contribution in [1.29, 1.82) is 0 Å². The van der Waals surface area contributed by atoms with Crippen molar-refractivity contribution < 1.29 is 9.50 Å². The molecule has 0 bridgehead atoms. The molecule has 0 saturated carbocycles. The van der Waals surface area contributed by atoms with Gasteiger partial charge < -0.3 is 5.11 Å². The average Bonchev–Trinajstić information content (AvgIpc) is 2.57. The third-order valence-electron chi connectivity index (χ3n) is 4.20. The number of hydrogen-bond donors (Lipinski definition) is 1. The van der Waals surface area contributed by atoms with Crippen LogP contribution in [0.25, 0.3) is 5.57 Å². The molecule has 0 spiro atoms. The number of halogens is 1. The summed E-state index contributed by atoms with van der Waals surface area (Å²) >= 11 is 0. The highest BCUT2D eigenvalue weighted by Crippen LogP contribution is 2.27. The molecule has 1 heterocycles. The minimum absolute atomic E-state index is 0.102. The van der Waals surface area contributed by atoms with Crippen molar-refractivity contribution >= 4 is 5.57 Å². The van der Waals surface area contributed by atoms with Gasteiger partial charge in [-0.1, -0.05) is 48.5 Å². The van der Waals surface area contributed by atoms with Crippen molar-refractivity contribution in [1.82, 2.24) is 4.90 Å². The summed E-state index contributed by atoms with van der Waals surface area (Å²) in [4.78, 5) is 2.28. The molecule has 1 N–H and O–H groups in total. The molecule has 1 atom stereocenters. The van der Waals surface area contributed by atoms with Crippen molar-refractivity contribution in [2.24, 2.45) is 0 Å². The van der Waals surface area contributed by atoms with E-state index in [1.807, 2.05) is 30.3 Å². The lowest BCUT2D eigenvalue weighted by Gasteiger charge is -2.34. The zero-order valence-corrected chi connectivity index (χ0v) is 12.5. The van der Waals surface area contributed by atoms with E-state index >= 15 is 0 Å². The van der Waals surface area contributed by atoms with Gasteiger partial charge in [0.05, 0.1) is 6.61 Å². The van der Waals surface area contributed by atoms with Crippen LogP contribution in [-0.4, -0.2) is 29.2 Å². The molecule has 0 amide bonds. The monoisotopic (exact) mass is 297 g/mol. The number of rotatable bonds is 4. The highest BCUT2D eigenvalue weighted by atomic mass is 19.1. The Kier molecular flexibility index (Phi) is 4.66. The van der Waals surface area contributed by atoms with E-state index < -0.39 is 0 Å². The lowest BCUT2D eigenvalue weighted by molar-refractivity contribution is 0.126. The Bertz CT molecular complexity index is 636. The first-order chi connectivity index (χ1) is 10.8. The SMILES string of the molecule is OCC1CC(c2ccc(F)cc2)=CCN1Cc1ccccc1. The molecule has 2 aromatic rings. The first kappa shape index (κ1) is 14.9. The van der Waals surface area contributed by atoms with Gasteiger partial charge in [0.15, 0.2) is 0 Å². The van der Waals surface area contributed by atoms with E-state index in [1.54, 1.807) is 0 Å². The third kappa shape index (κ3) is 3.43. The molecule has 114 valence electrons. The summed E-state index contributed by atoms with van der Waals surface area (Å²) in [6.07, 6.45) is 2.97. The van der Waals surface area contributed by atoms with Crippen LogP contribution in [0.15, 0.2) is 60.7 Å². The highest BCUT2D eigenvalue weighted by Gasteiger charge is 2.23. The Morgan fingerprint density at radius 3 is 2.45 bits per heavy atom. The van der Waals surface area contributed by atoms with Gasteiger partial charge in [-0.15, -0.1) is 0 Å². The van der Waals surface area contributed by atoms with Crippen LogP contribution in [0.5, 0.6) is 0 Å². The lowest BCUT2D eigenvalue weighted by Crippen LogP contribution is -2.40. The van der Waals surface area contributed by atoms with Crippen LogP contribution in [0.2, 0.25) is 0 Å². The smallest absolute Gasteiger partial charge is 0.123 e. The molecule has 1 unspecified atom stereocenters. The second-order valence-corrected chi connectivity index (χ2v) is 5.69. The number of aliphatic hydroxyl groups excluding tert-OH is 1. The van der Waals surface area contributed by atoms with Crippen LogP contribution in [0.1, 0.15) is 17.5 Å². The molecule has 1 aliphatic rings. The molecule has 0 aromatic heterocycles. The summed E-state index contributed by atoms with van der Waals surface area (Å²) < 4.78 is 13.0. The van der Waals surface area contributed by atoms with E-state index in [9.17, 15) is 9.50 Å². The number of benzene rings is 2. The summed E-state index contributed by atoms with van der Waals surface area (Å²) in [6.45, 7) is 1.76. The van der Waals surface area contributed by atoms with Gasteiger partial charge >= 0.3 is 0 Å². The number of aliphatic hydroxyl groups is 1. The number of nitrogens with zero attached hydrogens (tertiary/aromatic N) is 1. The Morgan fingerprint density at radius 2 is 1.77 bits per heavy atom. The van der Waals surface area contributed by atoms with Crippen molar-refractivity contribution in [3.05, 3.63) is 77.6 Å². The fraction of sp³-hybridized carbons (Fsp3) is 0.263. The summed E-state index contributed by atoms with van der Waals surface area (Å²) in [5, 5.41) is 9.72. The van der Waals surface area contributed by atoms with Crippen LogP contribution in [-0.2, 0) is 6.54 Å². The van der Waals surface area contributed by atoms with E-state index in [0.29, 0.717) is 0 Å². The maximum Gasteiger partial charge on any atom is 0.123 e. The van der Waals surface area contributed by atoms with Gasteiger partial charge in [0.2, 0.25) is 0 Å². The van der Waals surface area contributed by atoms with Crippen LogP contribution >= 0.6 is 0 Å². The molecule has 0 radical (unpaired) electrons. The Labute approximate surface area is 130 Å². The van der Waals surface area contributed by atoms with Gasteiger partial charge in [0.1, 0.15) is 5.82 Å². The first-order valence-electron chi connectivity index (χ1n) is 7.60. The van der Waals surface area contributed by atoms with Crippen LogP contribution in [0, 0.1) is 5.82 Å². The van der Waals surface area contributed by atoms with Gasteiger partial charge in [-0.3, -0.25) is 4.90 Å². The first-order valence-corrected chi connectivity index (χ1v) is 7.60. The normalized spacial score (nSPS) is 19.0. The van der Waals surface area contributed by atoms with Crippen molar-refractivity contribution in [3.8, 4) is 0 Å². The summed E-state index contributed by atoms with van der Waals surface area (Å²) in [5.41, 5.74) is 3.47. The summed E-state index contributed by atoms with van der Waals surface area (Å²) in [7, 11) is 0. The van der Waals surface area contributed by atoms with E-state index in [1.165, 1.54) is 23.3 Å². The zero-order valence-electron chi connectivity index (χ0n) is 12.5. The van der Waals surface area contributed by atoms with Gasteiger partial charge in [0, 0.05) is 19.1 Å². The molecule has 0 saturated heterocycles. The minimum Gasteiger partial charge on any atom is -0.395 e. The topological polar surface area (TPSA) is 23.5 Å². The maximum atomic E-state index is 13.0. The van der Waals surface area contributed by atoms with Gasteiger partial charge in [-0.2, -0.15) is 0 Å². The summed E-state index contributed by atoms with van der Waals surface area (Å²) in [5.74, 6) is -0.218. The average molecular weight is 297 g/mol. The number of hydrogen-bond acceptors (Lipinski definition) is 2. The van der Waals surface area contributed by atoms with Gasteiger partial charge in [-0.25, -0.2) is 4.39 Å². The van der Waals surface area contributed by atoms with Crippen LogP contribution in [0.3, 0.4) is 0 Å².